The predicted molar refractivity (Wildman–Crippen MR) is 65.2 cm³/mol. The summed E-state index contributed by atoms with van der Waals surface area (Å²) >= 11 is 3.39. The molecule has 1 aromatic rings. The molecule has 15 heavy (non-hydrogen) atoms. The minimum absolute atomic E-state index is 0.540. The summed E-state index contributed by atoms with van der Waals surface area (Å²) in [5, 5.41) is 3.34. The number of pyridine rings is 1. The largest absolute Gasteiger partial charge is 0.492 e. The van der Waals surface area contributed by atoms with E-state index in [1.54, 1.807) is 12.4 Å². The zero-order valence-corrected chi connectivity index (χ0v) is 10.8. The van der Waals surface area contributed by atoms with Crippen molar-refractivity contribution in [2.45, 2.75) is 26.3 Å². The first-order valence-electron chi connectivity index (χ1n) is 5.16. The van der Waals surface area contributed by atoms with E-state index in [2.05, 4.69) is 40.1 Å². The van der Waals surface area contributed by atoms with Crippen LogP contribution in [0.4, 0.5) is 0 Å². The van der Waals surface area contributed by atoms with Gasteiger partial charge < -0.3 is 10.1 Å². The van der Waals surface area contributed by atoms with Gasteiger partial charge in [0.05, 0.1) is 11.1 Å². The Hall–Kier alpha value is -0.610. The van der Waals surface area contributed by atoms with Crippen LogP contribution < -0.4 is 10.1 Å². The molecular weight excluding hydrogens is 256 g/mol. The lowest BCUT2D eigenvalue weighted by atomic mass is 10.3. The van der Waals surface area contributed by atoms with Gasteiger partial charge in [-0.25, -0.2) is 0 Å². The van der Waals surface area contributed by atoms with E-state index in [1.807, 2.05) is 6.07 Å². The third-order valence-corrected chi connectivity index (χ3v) is 2.46. The number of halogens is 1. The Morgan fingerprint density at radius 3 is 3.00 bits per heavy atom. The molecule has 0 fully saturated rings. The highest BCUT2D eigenvalue weighted by molar-refractivity contribution is 9.10. The van der Waals surface area contributed by atoms with E-state index >= 15 is 0 Å². The molecule has 3 nitrogen and oxygen atoms in total. The molecule has 4 heteroatoms. The van der Waals surface area contributed by atoms with Crippen LogP contribution in [-0.4, -0.2) is 24.2 Å². The first-order valence-corrected chi connectivity index (χ1v) is 5.95. The first-order chi connectivity index (χ1) is 7.20. The topological polar surface area (TPSA) is 34.1 Å². The lowest BCUT2D eigenvalue weighted by molar-refractivity contribution is 0.304. The number of nitrogens with one attached hydrogen (secondary N) is 1. The highest BCUT2D eigenvalue weighted by atomic mass is 79.9. The lowest BCUT2D eigenvalue weighted by Crippen LogP contribution is -2.24. The van der Waals surface area contributed by atoms with E-state index in [1.165, 1.54) is 0 Å². The first kappa shape index (κ1) is 12.5. The fourth-order valence-electron chi connectivity index (χ4n) is 1.12. The molecule has 0 radical (unpaired) electrons. The molecule has 0 atom stereocenters. The van der Waals surface area contributed by atoms with Crippen molar-refractivity contribution in [2.24, 2.45) is 0 Å². The van der Waals surface area contributed by atoms with Crippen LogP contribution in [0.3, 0.4) is 0 Å². The van der Waals surface area contributed by atoms with Gasteiger partial charge in [0.2, 0.25) is 0 Å². The molecule has 0 aliphatic carbocycles. The van der Waals surface area contributed by atoms with Crippen LogP contribution in [0.1, 0.15) is 20.3 Å². The van der Waals surface area contributed by atoms with E-state index in [-0.39, 0.29) is 0 Å². The summed E-state index contributed by atoms with van der Waals surface area (Å²) in [6, 6.07) is 2.40. The van der Waals surface area contributed by atoms with Crippen LogP contribution in [0.15, 0.2) is 22.9 Å². The molecule has 1 rings (SSSR count). The zero-order valence-electron chi connectivity index (χ0n) is 9.16. The number of ether oxygens (including phenoxy) is 1. The van der Waals surface area contributed by atoms with Gasteiger partial charge in [-0.3, -0.25) is 4.98 Å². The van der Waals surface area contributed by atoms with Gasteiger partial charge in [-0.2, -0.15) is 0 Å². The standard InChI is InChI=1S/C11H17BrN2O/c1-9(2)14-5-3-7-15-11-4-6-13-8-10(11)12/h4,6,8-9,14H,3,5,7H2,1-2H3. The molecule has 0 aliphatic rings. The van der Waals surface area contributed by atoms with E-state index < -0.39 is 0 Å². The van der Waals surface area contributed by atoms with Gasteiger partial charge in [0, 0.05) is 18.4 Å². The van der Waals surface area contributed by atoms with E-state index in [9.17, 15) is 0 Å². The minimum atomic E-state index is 0.540. The van der Waals surface area contributed by atoms with Gasteiger partial charge in [-0.15, -0.1) is 0 Å². The van der Waals surface area contributed by atoms with E-state index in [0.29, 0.717) is 6.04 Å². The van der Waals surface area contributed by atoms with Crippen molar-refractivity contribution in [1.82, 2.24) is 10.3 Å². The summed E-state index contributed by atoms with van der Waals surface area (Å²) in [5.41, 5.74) is 0. The number of rotatable bonds is 6. The summed E-state index contributed by atoms with van der Waals surface area (Å²) < 4.78 is 6.50. The zero-order chi connectivity index (χ0) is 11.1. The van der Waals surface area contributed by atoms with Crippen LogP contribution in [0, 0.1) is 0 Å². The molecule has 84 valence electrons. The van der Waals surface area contributed by atoms with Gasteiger partial charge in [-0.1, -0.05) is 13.8 Å². The molecular formula is C11H17BrN2O. The summed E-state index contributed by atoms with van der Waals surface area (Å²) in [4.78, 5) is 3.97. The summed E-state index contributed by atoms with van der Waals surface area (Å²) in [6.07, 6.45) is 4.47. The molecule has 1 aromatic heterocycles. The molecule has 0 aliphatic heterocycles. The molecule has 0 unspecified atom stereocenters. The van der Waals surface area contributed by atoms with Crippen molar-refractivity contribution in [3.8, 4) is 5.75 Å². The van der Waals surface area contributed by atoms with Gasteiger partial charge in [0.15, 0.2) is 0 Å². The van der Waals surface area contributed by atoms with Crippen LogP contribution in [0.2, 0.25) is 0 Å². The van der Waals surface area contributed by atoms with Crippen molar-refractivity contribution >= 4 is 15.9 Å². The smallest absolute Gasteiger partial charge is 0.136 e. The number of hydrogen-bond donors (Lipinski definition) is 1. The van der Waals surface area contributed by atoms with Gasteiger partial charge in [0.25, 0.3) is 0 Å². The third kappa shape index (κ3) is 5.14. The van der Waals surface area contributed by atoms with Crippen LogP contribution in [-0.2, 0) is 0 Å². The highest BCUT2D eigenvalue weighted by Gasteiger charge is 1.99. The number of hydrogen-bond acceptors (Lipinski definition) is 3. The molecule has 0 aromatic carbocycles. The van der Waals surface area contributed by atoms with Gasteiger partial charge >= 0.3 is 0 Å². The Morgan fingerprint density at radius 2 is 2.33 bits per heavy atom. The van der Waals surface area contributed by atoms with Crippen molar-refractivity contribution in [1.29, 1.82) is 0 Å². The Balaban J connectivity index is 2.18. The van der Waals surface area contributed by atoms with E-state index in [0.717, 1.165) is 29.8 Å². The van der Waals surface area contributed by atoms with Crippen molar-refractivity contribution in [3.05, 3.63) is 22.9 Å². The fraction of sp³-hybridized carbons (Fsp3) is 0.545. The minimum Gasteiger partial charge on any atom is -0.492 e. The van der Waals surface area contributed by atoms with Crippen LogP contribution in [0.25, 0.3) is 0 Å². The maximum absolute atomic E-state index is 5.59. The van der Waals surface area contributed by atoms with Crippen molar-refractivity contribution in [3.63, 3.8) is 0 Å². The Bertz CT molecular complexity index is 292. The Kier molecular flexibility index (Phi) is 5.65. The van der Waals surface area contributed by atoms with Crippen LogP contribution >= 0.6 is 15.9 Å². The predicted octanol–water partition coefficient (Wildman–Crippen LogP) is 2.61. The number of aromatic nitrogens is 1. The Labute approximate surface area is 99.4 Å². The second kappa shape index (κ2) is 6.80. The highest BCUT2D eigenvalue weighted by Crippen LogP contribution is 2.22. The average Bonchev–Trinajstić information content (AvgIpc) is 2.20. The summed E-state index contributed by atoms with van der Waals surface area (Å²) in [5.74, 6) is 0.856. The molecule has 0 bridgehead atoms. The monoisotopic (exact) mass is 272 g/mol. The molecule has 0 spiro atoms. The van der Waals surface area contributed by atoms with Crippen molar-refractivity contribution < 1.29 is 4.74 Å². The maximum atomic E-state index is 5.59. The quantitative estimate of drug-likeness (QED) is 0.809. The van der Waals surface area contributed by atoms with Gasteiger partial charge in [-0.05, 0) is 35.0 Å². The summed E-state index contributed by atoms with van der Waals surface area (Å²) in [6.45, 7) is 5.99. The Morgan fingerprint density at radius 1 is 1.53 bits per heavy atom. The third-order valence-electron chi connectivity index (χ3n) is 1.87. The summed E-state index contributed by atoms with van der Waals surface area (Å²) in [7, 11) is 0. The second-order valence-electron chi connectivity index (χ2n) is 3.62. The molecule has 0 saturated carbocycles. The molecule has 0 saturated heterocycles. The lowest BCUT2D eigenvalue weighted by Gasteiger charge is -2.09. The maximum Gasteiger partial charge on any atom is 0.136 e. The normalized spacial score (nSPS) is 10.7. The fourth-order valence-corrected chi connectivity index (χ4v) is 1.49. The molecule has 1 N–H and O–H groups in total. The second-order valence-corrected chi connectivity index (χ2v) is 4.47. The SMILES string of the molecule is CC(C)NCCCOc1ccncc1Br. The van der Waals surface area contributed by atoms with Crippen LogP contribution in [0.5, 0.6) is 5.75 Å². The average molecular weight is 273 g/mol. The number of nitrogens with zero attached hydrogens (tertiary/aromatic N) is 1. The molecule has 0 amide bonds. The van der Waals surface area contributed by atoms with Gasteiger partial charge in [0.1, 0.15) is 5.75 Å². The molecule has 1 heterocycles. The van der Waals surface area contributed by atoms with Crippen molar-refractivity contribution in [2.75, 3.05) is 13.2 Å². The van der Waals surface area contributed by atoms with E-state index in [4.69, 9.17) is 4.74 Å².